The number of nitrogens with zero attached hydrogens (tertiary/aromatic N) is 5. The number of carbonyl (C=O) groups excluding carboxylic acids is 1. The van der Waals surface area contributed by atoms with Gasteiger partial charge in [0.05, 0.1) is 30.3 Å². The van der Waals surface area contributed by atoms with E-state index in [1.54, 1.807) is 24.2 Å². The Morgan fingerprint density at radius 1 is 1.03 bits per heavy atom. The molecule has 3 aromatic rings. The SMILES string of the molecule is COc1ccccc1N1CCN(C(=O)c2cnn(-c3ccccn3)c2C(C)C)CC1. The standard InChI is InChI=1S/C23H27N5O2/c1-17(2)22-18(16-25-28(22)21-10-6-7-11-24-21)23(29)27-14-12-26(13-15-27)19-8-4-5-9-20(19)30-3/h4-11,16-17H,12-15H2,1-3H3. The number of ether oxygens (including phenoxy) is 1. The van der Waals surface area contributed by atoms with E-state index in [4.69, 9.17) is 4.74 Å². The fourth-order valence-electron chi connectivity index (χ4n) is 3.95. The maximum absolute atomic E-state index is 13.3. The second-order valence-electron chi connectivity index (χ2n) is 7.65. The number of pyridine rings is 1. The highest BCUT2D eigenvalue weighted by atomic mass is 16.5. The number of hydrogen-bond acceptors (Lipinski definition) is 5. The Balaban J connectivity index is 1.53. The molecule has 0 N–H and O–H groups in total. The molecule has 3 heterocycles. The van der Waals surface area contributed by atoms with Crippen LogP contribution in [0.3, 0.4) is 0 Å². The van der Waals surface area contributed by atoms with E-state index in [0.717, 1.165) is 36.0 Å². The molecule has 7 nitrogen and oxygen atoms in total. The van der Waals surface area contributed by atoms with Gasteiger partial charge in [0, 0.05) is 32.4 Å². The second-order valence-corrected chi connectivity index (χ2v) is 7.65. The molecule has 0 atom stereocenters. The van der Waals surface area contributed by atoms with E-state index in [9.17, 15) is 4.79 Å². The summed E-state index contributed by atoms with van der Waals surface area (Å²) in [7, 11) is 1.69. The number of rotatable bonds is 5. The molecular weight excluding hydrogens is 378 g/mol. The van der Waals surface area contributed by atoms with Crippen LogP contribution in [0.25, 0.3) is 5.82 Å². The zero-order chi connectivity index (χ0) is 21.1. The molecule has 1 saturated heterocycles. The Labute approximate surface area is 176 Å². The van der Waals surface area contributed by atoms with Gasteiger partial charge in [0.25, 0.3) is 5.91 Å². The lowest BCUT2D eigenvalue weighted by molar-refractivity contribution is 0.0745. The Bertz CT molecular complexity index is 1010. The molecule has 2 aromatic heterocycles. The summed E-state index contributed by atoms with van der Waals surface area (Å²) in [6, 6.07) is 13.7. The summed E-state index contributed by atoms with van der Waals surface area (Å²) in [5.74, 6) is 1.75. The minimum atomic E-state index is 0.0283. The summed E-state index contributed by atoms with van der Waals surface area (Å²) >= 11 is 0. The van der Waals surface area contributed by atoms with Gasteiger partial charge < -0.3 is 14.5 Å². The number of methoxy groups -OCH3 is 1. The predicted octanol–water partition coefficient (Wildman–Crippen LogP) is 3.36. The van der Waals surface area contributed by atoms with Gasteiger partial charge >= 0.3 is 0 Å². The number of amides is 1. The summed E-state index contributed by atoms with van der Waals surface area (Å²) in [6.45, 7) is 6.99. The van der Waals surface area contributed by atoms with Crippen LogP contribution >= 0.6 is 0 Å². The Kier molecular flexibility index (Phi) is 5.70. The van der Waals surface area contributed by atoms with Gasteiger partial charge in [-0.15, -0.1) is 0 Å². The highest BCUT2D eigenvalue weighted by Gasteiger charge is 2.28. The molecule has 0 radical (unpaired) electrons. The summed E-state index contributed by atoms with van der Waals surface area (Å²) in [5.41, 5.74) is 2.62. The van der Waals surface area contributed by atoms with Crippen LogP contribution in [-0.4, -0.2) is 58.9 Å². The topological polar surface area (TPSA) is 63.5 Å². The minimum absolute atomic E-state index is 0.0283. The van der Waals surface area contributed by atoms with Gasteiger partial charge in [-0.05, 0) is 30.2 Å². The third-order valence-electron chi connectivity index (χ3n) is 5.44. The van der Waals surface area contributed by atoms with Gasteiger partial charge in [-0.25, -0.2) is 9.67 Å². The fourth-order valence-corrected chi connectivity index (χ4v) is 3.95. The van der Waals surface area contributed by atoms with Crippen molar-refractivity contribution in [1.29, 1.82) is 0 Å². The smallest absolute Gasteiger partial charge is 0.257 e. The first-order chi connectivity index (χ1) is 14.6. The first-order valence-corrected chi connectivity index (χ1v) is 10.3. The normalized spacial score (nSPS) is 14.3. The lowest BCUT2D eigenvalue weighted by Gasteiger charge is -2.36. The van der Waals surface area contributed by atoms with Crippen LogP contribution < -0.4 is 9.64 Å². The number of aromatic nitrogens is 3. The average molecular weight is 406 g/mol. The predicted molar refractivity (Wildman–Crippen MR) is 117 cm³/mol. The number of anilines is 1. The molecule has 0 bridgehead atoms. The quantitative estimate of drug-likeness (QED) is 0.651. The van der Waals surface area contributed by atoms with Crippen LogP contribution in [-0.2, 0) is 0 Å². The molecule has 0 saturated carbocycles. The molecule has 156 valence electrons. The van der Waals surface area contributed by atoms with Crippen molar-refractivity contribution in [1.82, 2.24) is 19.7 Å². The Hall–Kier alpha value is -3.35. The molecule has 1 fully saturated rings. The van der Waals surface area contributed by atoms with Crippen LogP contribution in [0.2, 0.25) is 0 Å². The van der Waals surface area contributed by atoms with E-state index in [0.29, 0.717) is 18.7 Å². The van der Waals surface area contributed by atoms with Gasteiger partial charge in [0.15, 0.2) is 5.82 Å². The van der Waals surface area contributed by atoms with Crippen molar-refractivity contribution < 1.29 is 9.53 Å². The third-order valence-corrected chi connectivity index (χ3v) is 5.44. The van der Waals surface area contributed by atoms with Crippen molar-refractivity contribution in [2.24, 2.45) is 0 Å². The molecule has 30 heavy (non-hydrogen) atoms. The van der Waals surface area contributed by atoms with Crippen LogP contribution in [0.4, 0.5) is 5.69 Å². The van der Waals surface area contributed by atoms with Crippen LogP contribution in [0.5, 0.6) is 5.75 Å². The average Bonchev–Trinajstić information content (AvgIpc) is 3.25. The van der Waals surface area contributed by atoms with Crippen molar-refractivity contribution in [2.75, 3.05) is 38.2 Å². The summed E-state index contributed by atoms with van der Waals surface area (Å²) in [6.07, 6.45) is 3.42. The van der Waals surface area contributed by atoms with Crippen LogP contribution in [0, 0.1) is 0 Å². The van der Waals surface area contributed by atoms with Crippen molar-refractivity contribution in [3.63, 3.8) is 0 Å². The van der Waals surface area contributed by atoms with Crippen molar-refractivity contribution in [3.8, 4) is 11.6 Å². The third kappa shape index (κ3) is 3.75. The molecule has 0 spiro atoms. The first kappa shape index (κ1) is 19.9. The Morgan fingerprint density at radius 3 is 2.43 bits per heavy atom. The van der Waals surface area contributed by atoms with E-state index in [1.165, 1.54) is 0 Å². The van der Waals surface area contributed by atoms with Crippen LogP contribution in [0.15, 0.2) is 54.9 Å². The maximum atomic E-state index is 13.3. The molecule has 1 aliphatic heterocycles. The molecule has 7 heteroatoms. The number of hydrogen-bond donors (Lipinski definition) is 0. The maximum Gasteiger partial charge on any atom is 0.257 e. The summed E-state index contributed by atoms with van der Waals surface area (Å²) in [4.78, 5) is 21.9. The zero-order valence-electron chi connectivity index (χ0n) is 17.7. The van der Waals surface area contributed by atoms with E-state index in [2.05, 4.69) is 34.9 Å². The molecule has 1 aliphatic rings. The van der Waals surface area contributed by atoms with Crippen molar-refractivity contribution in [2.45, 2.75) is 19.8 Å². The van der Waals surface area contributed by atoms with Gasteiger partial charge in [-0.2, -0.15) is 5.10 Å². The molecule has 1 amide bonds. The zero-order valence-corrected chi connectivity index (χ0v) is 17.7. The number of para-hydroxylation sites is 2. The summed E-state index contributed by atoms with van der Waals surface area (Å²) < 4.78 is 7.27. The molecule has 4 rings (SSSR count). The molecule has 1 aromatic carbocycles. The van der Waals surface area contributed by atoms with Gasteiger partial charge in [0.1, 0.15) is 5.75 Å². The highest BCUT2D eigenvalue weighted by Crippen LogP contribution is 2.29. The molecule has 0 unspecified atom stereocenters. The number of carbonyl (C=O) groups is 1. The summed E-state index contributed by atoms with van der Waals surface area (Å²) in [5, 5.41) is 4.49. The number of piperazine rings is 1. The van der Waals surface area contributed by atoms with Crippen molar-refractivity contribution in [3.05, 3.63) is 66.1 Å². The number of benzene rings is 1. The molecule has 0 aliphatic carbocycles. The van der Waals surface area contributed by atoms with Crippen molar-refractivity contribution >= 4 is 11.6 Å². The minimum Gasteiger partial charge on any atom is -0.495 e. The Morgan fingerprint density at radius 2 is 1.77 bits per heavy atom. The van der Waals surface area contributed by atoms with Gasteiger partial charge in [-0.3, -0.25) is 4.79 Å². The van der Waals surface area contributed by atoms with Crippen LogP contribution in [0.1, 0.15) is 35.8 Å². The van der Waals surface area contributed by atoms with Gasteiger partial charge in [-0.1, -0.05) is 32.0 Å². The lowest BCUT2D eigenvalue weighted by atomic mass is 10.0. The second kappa shape index (κ2) is 8.57. The first-order valence-electron chi connectivity index (χ1n) is 10.3. The van der Waals surface area contributed by atoms with E-state index in [-0.39, 0.29) is 11.8 Å². The monoisotopic (exact) mass is 405 g/mol. The van der Waals surface area contributed by atoms with E-state index >= 15 is 0 Å². The van der Waals surface area contributed by atoms with E-state index in [1.807, 2.05) is 41.3 Å². The highest BCUT2D eigenvalue weighted by molar-refractivity contribution is 5.95. The van der Waals surface area contributed by atoms with E-state index < -0.39 is 0 Å². The largest absolute Gasteiger partial charge is 0.495 e. The lowest BCUT2D eigenvalue weighted by Crippen LogP contribution is -2.49. The van der Waals surface area contributed by atoms with Gasteiger partial charge in [0.2, 0.25) is 0 Å². The fraction of sp³-hybridized carbons (Fsp3) is 0.348. The molecular formula is C23H27N5O2.